The van der Waals surface area contributed by atoms with Crippen LogP contribution in [0.25, 0.3) is 0 Å². The van der Waals surface area contributed by atoms with Gasteiger partial charge in [-0.05, 0) is 19.1 Å². The van der Waals surface area contributed by atoms with Crippen LogP contribution in [0.1, 0.15) is 17.3 Å². The summed E-state index contributed by atoms with van der Waals surface area (Å²) in [6.07, 6.45) is 1.37. The Morgan fingerprint density at radius 2 is 2.36 bits per heavy atom. The van der Waals surface area contributed by atoms with Crippen molar-refractivity contribution in [3.63, 3.8) is 0 Å². The molecule has 1 heterocycles. The second kappa shape index (κ2) is 3.48. The Labute approximate surface area is 68.1 Å². The lowest BCUT2D eigenvalue weighted by atomic mass is 10.2. The first kappa shape index (κ1) is 8.20. The van der Waals surface area contributed by atoms with Crippen molar-refractivity contribution in [3.05, 3.63) is 23.9 Å². The predicted octanol–water partition coefficient (Wildman–Crippen LogP) is 2.26. The van der Waals surface area contributed by atoms with Gasteiger partial charge in [-0.25, -0.2) is 4.98 Å². The van der Waals surface area contributed by atoms with E-state index in [2.05, 4.69) is 4.98 Å². The van der Waals surface area contributed by atoms with E-state index in [1.165, 1.54) is 19.2 Å². The average Bonchev–Trinajstić information content (AvgIpc) is 2.05. The van der Waals surface area contributed by atoms with Gasteiger partial charge in [0.05, 0.1) is 0 Å². The maximum Gasteiger partial charge on any atom is 0.161 e. The zero-order chi connectivity index (χ0) is 8.27. The molecule has 4 heteroatoms. The lowest BCUT2D eigenvalue weighted by molar-refractivity contribution is 0.101. The molecule has 1 aromatic rings. The molecular weight excluding hydrogens is 165 g/mol. The molecule has 0 aromatic carbocycles. The van der Waals surface area contributed by atoms with Crippen molar-refractivity contribution in [1.29, 1.82) is 0 Å². The van der Waals surface area contributed by atoms with Crippen LogP contribution >= 0.6 is 12.1 Å². The van der Waals surface area contributed by atoms with Crippen LogP contribution in [0.4, 0.5) is 3.89 Å². The number of carbonyl (C=O) groups excluding carboxylic acids is 1. The number of ketones is 1. The Morgan fingerprint density at radius 3 is 2.73 bits per heavy atom. The van der Waals surface area contributed by atoms with E-state index < -0.39 is 0 Å². The van der Waals surface area contributed by atoms with E-state index in [1.807, 2.05) is 0 Å². The van der Waals surface area contributed by atoms with Crippen LogP contribution in [-0.2, 0) is 0 Å². The van der Waals surface area contributed by atoms with E-state index in [-0.39, 0.29) is 23.0 Å². The van der Waals surface area contributed by atoms with Gasteiger partial charge in [-0.1, -0.05) is 0 Å². The molecule has 0 unspecified atom stereocenters. The average molecular weight is 171 g/mol. The predicted molar refractivity (Wildman–Crippen MR) is 41.2 cm³/mol. The van der Waals surface area contributed by atoms with Crippen molar-refractivity contribution in [2.75, 3.05) is 0 Å². The largest absolute Gasteiger partial charge is 0.294 e. The molecule has 0 fully saturated rings. The monoisotopic (exact) mass is 171 g/mol. The topological polar surface area (TPSA) is 30.0 Å². The molecular formula is C7H6FNOS. The number of rotatable bonds is 2. The zero-order valence-electron chi connectivity index (χ0n) is 5.87. The number of pyridine rings is 1. The summed E-state index contributed by atoms with van der Waals surface area (Å²) in [5.74, 6) is -0.0621. The first-order chi connectivity index (χ1) is 5.24. The van der Waals surface area contributed by atoms with Crippen molar-refractivity contribution in [3.8, 4) is 0 Å². The molecule has 0 amide bonds. The number of nitrogens with zero attached hydrogens (tertiary/aromatic N) is 1. The molecule has 0 atom stereocenters. The van der Waals surface area contributed by atoms with E-state index >= 15 is 0 Å². The number of hydrogen-bond acceptors (Lipinski definition) is 3. The van der Waals surface area contributed by atoms with Gasteiger partial charge < -0.3 is 0 Å². The summed E-state index contributed by atoms with van der Waals surface area (Å²) in [4.78, 5) is 14.4. The molecule has 2 nitrogen and oxygen atoms in total. The van der Waals surface area contributed by atoms with Crippen molar-refractivity contribution < 1.29 is 8.68 Å². The van der Waals surface area contributed by atoms with Crippen LogP contribution < -0.4 is 0 Å². The van der Waals surface area contributed by atoms with Gasteiger partial charge in [0.2, 0.25) is 0 Å². The lowest BCUT2D eigenvalue weighted by Crippen LogP contribution is -1.92. The summed E-state index contributed by atoms with van der Waals surface area (Å²) >= 11 is 0.0668. The number of halogens is 1. The highest BCUT2D eigenvalue weighted by molar-refractivity contribution is 7.94. The number of Topliss-reactive ketones (excluding diaryl/α,β-unsaturated/α-hetero) is 1. The Morgan fingerprint density at radius 1 is 1.64 bits per heavy atom. The van der Waals surface area contributed by atoms with E-state index in [4.69, 9.17) is 0 Å². The van der Waals surface area contributed by atoms with E-state index in [0.717, 1.165) is 0 Å². The molecule has 11 heavy (non-hydrogen) atoms. The third-order valence-electron chi connectivity index (χ3n) is 1.22. The summed E-state index contributed by atoms with van der Waals surface area (Å²) < 4.78 is 11.8. The third-order valence-corrected chi connectivity index (χ3v) is 1.62. The minimum absolute atomic E-state index is 0.0621. The van der Waals surface area contributed by atoms with Crippen LogP contribution in [0.5, 0.6) is 0 Å². The van der Waals surface area contributed by atoms with E-state index in [0.29, 0.717) is 5.56 Å². The summed E-state index contributed by atoms with van der Waals surface area (Å²) in [6, 6.07) is 3.03. The van der Waals surface area contributed by atoms with Gasteiger partial charge in [0.25, 0.3) is 0 Å². The van der Waals surface area contributed by atoms with Gasteiger partial charge >= 0.3 is 0 Å². The van der Waals surface area contributed by atoms with Crippen LogP contribution in [0.2, 0.25) is 0 Å². The van der Waals surface area contributed by atoms with Crippen LogP contribution in [0.3, 0.4) is 0 Å². The molecule has 0 saturated carbocycles. The Hall–Kier alpha value is -0.900. The van der Waals surface area contributed by atoms with Crippen molar-refractivity contribution in [2.24, 2.45) is 0 Å². The summed E-state index contributed by atoms with van der Waals surface area (Å²) in [7, 11) is 0. The van der Waals surface area contributed by atoms with E-state index in [9.17, 15) is 8.68 Å². The van der Waals surface area contributed by atoms with Gasteiger partial charge in [0.1, 0.15) is 17.2 Å². The molecule has 0 aliphatic carbocycles. The van der Waals surface area contributed by atoms with Crippen molar-refractivity contribution in [1.82, 2.24) is 4.98 Å². The normalized spacial score (nSPS) is 9.64. The Balaban J connectivity index is 2.91. The van der Waals surface area contributed by atoms with Gasteiger partial charge in [-0.15, -0.1) is 0 Å². The third kappa shape index (κ3) is 2.01. The molecule has 0 aliphatic heterocycles. The van der Waals surface area contributed by atoms with Gasteiger partial charge in [0.15, 0.2) is 5.78 Å². The molecule has 1 rings (SSSR count). The SMILES string of the molecule is CC(=O)c1ccc(SF)nc1. The molecule has 1 aromatic heterocycles. The molecule has 0 bridgehead atoms. The molecule has 0 N–H and O–H groups in total. The number of aromatic nitrogens is 1. The lowest BCUT2D eigenvalue weighted by Gasteiger charge is -1.93. The standard InChI is InChI=1S/C7H6FNOS/c1-5(10)6-2-3-7(11-8)9-4-6/h2-4H,1H3. The highest BCUT2D eigenvalue weighted by Crippen LogP contribution is 2.15. The molecule has 0 saturated heterocycles. The van der Waals surface area contributed by atoms with Gasteiger partial charge in [0, 0.05) is 11.8 Å². The quantitative estimate of drug-likeness (QED) is 0.639. The number of carbonyl (C=O) groups is 1. The van der Waals surface area contributed by atoms with Crippen molar-refractivity contribution in [2.45, 2.75) is 11.9 Å². The molecule has 0 radical (unpaired) electrons. The highest BCUT2D eigenvalue weighted by Gasteiger charge is 1.99. The fraction of sp³-hybridized carbons (Fsp3) is 0.143. The van der Waals surface area contributed by atoms with Crippen molar-refractivity contribution >= 4 is 17.9 Å². The molecule has 0 aliphatic rings. The summed E-state index contributed by atoms with van der Waals surface area (Å²) in [5.41, 5.74) is 0.503. The fourth-order valence-electron chi connectivity index (χ4n) is 0.634. The first-order valence-corrected chi connectivity index (χ1v) is 3.71. The molecule has 58 valence electrons. The van der Waals surface area contributed by atoms with Crippen LogP contribution in [-0.4, -0.2) is 10.8 Å². The number of hydrogen-bond donors (Lipinski definition) is 0. The second-order valence-electron chi connectivity index (χ2n) is 2.02. The molecule has 0 spiro atoms. The van der Waals surface area contributed by atoms with E-state index in [1.54, 1.807) is 6.07 Å². The Kier molecular flexibility index (Phi) is 2.59. The second-order valence-corrected chi connectivity index (χ2v) is 2.59. The van der Waals surface area contributed by atoms with Gasteiger partial charge in [-0.3, -0.25) is 4.79 Å². The summed E-state index contributed by atoms with van der Waals surface area (Å²) in [6.45, 7) is 1.44. The minimum atomic E-state index is -0.0621. The first-order valence-electron chi connectivity index (χ1n) is 2.99. The summed E-state index contributed by atoms with van der Waals surface area (Å²) in [5, 5.41) is 0.273. The maximum absolute atomic E-state index is 11.8. The Bertz CT molecular complexity index is 260. The van der Waals surface area contributed by atoms with Gasteiger partial charge in [-0.2, -0.15) is 3.89 Å². The maximum atomic E-state index is 11.8. The smallest absolute Gasteiger partial charge is 0.161 e. The zero-order valence-corrected chi connectivity index (χ0v) is 6.69. The fourth-order valence-corrected chi connectivity index (χ4v) is 0.846. The van der Waals surface area contributed by atoms with Crippen LogP contribution in [0, 0.1) is 0 Å². The van der Waals surface area contributed by atoms with Crippen LogP contribution in [0.15, 0.2) is 23.4 Å². The minimum Gasteiger partial charge on any atom is -0.294 e. The highest BCUT2D eigenvalue weighted by atomic mass is 32.2.